The van der Waals surface area contributed by atoms with Crippen molar-refractivity contribution < 1.29 is 9.90 Å². The Morgan fingerprint density at radius 3 is 2.38 bits per heavy atom. The van der Waals surface area contributed by atoms with E-state index in [1.54, 1.807) is 31.3 Å². The number of nitriles is 1. The van der Waals surface area contributed by atoms with Gasteiger partial charge >= 0.3 is 5.97 Å². The molecule has 126 valence electrons. The first-order chi connectivity index (χ1) is 12.5. The van der Waals surface area contributed by atoms with Crippen LogP contribution in [-0.2, 0) is 7.05 Å². The SMILES string of the molecule is [C-]#[N+]c1c(-c2ccc(-c3ccccc3C#N)cc2)c(C(=O)O)n(C)c1Br. The molecular weight excluding hydrogens is 394 g/mol. The first-order valence-electron chi connectivity index (χ1n) is 7.58. The Morgan fingerprint density at radius 2 is 1.81 bits per heavy atom. The van der Waals surface area contributed by atoms with Gasteiger partial charge < -0.3 is 9.67 Å². The summed E-state index contributed by atoms with van der Waals surface area (Å²) < 4.78 is 1.88. The van der Waals surface area contributed by atoms with Crippen molar-refractivity contribution in [2.24, 2.45) is 7.05 Å². The van der Waals surface area contributed by atoms with Crippen LogP contribution in [0.3, 0.4) is 0 Å². The molecule has 0 saturated heterocycles. The van der Waals surface area contributed by atoms with Gasteiger partial charge in [0.15, 0.2) is 0 Å². The lowest BCUT2D eigenvalue weighted by atomic mass is 9.97. The van der Waals surface area contributed by atoms with Gasteiger partial charge in [-0.1, -0.05) is 42.5 Å². The molecule has 26 heavy (non-hydrogen) atoms. The van der Waals surface area contributed by atoms with Gasteiger partial charge in [0.1, 0.15) is 5.69 Å². The number of carboxylic acid groups (broad SMARTS) is 1. The first kappa shape index (κ1) is 17.5. The fourth-order valence-electron chi connectivity index (χ4n) is 2.91. The van der Waals surface area contributed by atoms with E-state index in [4.69, 9.17) is 6.57 Å². The minimum atomic E-state index is -1.10. The van der Waals surface area contributed by atoms with Crippen LogP contribution in [0.1, 0.15) is 16.1 Å². The third-order valence-electron chi connectivity index (χ3n) is 4.15. The van der Waals surface area contributed by atoms with Gasteiger partial charge in [0.2, 0.25) is 5.69 Å². The zero-order valence-corrected chi connectivity index (χ0v) is 15.3. The van der Waals surface area contributed by atoms with Gasteiger partial charge in [-0.05, 0) is 38.7 Å². The summed E-state index contributed by atoms with van der Waals surface area (Å²) in [5.74, 6) is -1.10. The molecule has 1 N–H and O–H groups in total. The summed E-state index contributed by atoms with van der Waals surface area (Å²) in [7, 11) is 1.60. The highest BCUT2D eigenvalue weighted by molar-refractivity contribution is 9.10. The fraction of sp³-hybridized carbons (Fsp3) is 0.0500. The Hall–Kier alpha value is -3.35. The van der Waals surface area contributed by atoms with E-state index in [1.165, 1.54) is 4.57 Å². The predicted octanol–water partition coefficient (Wildman–Crippen LogP) is 5.24. The second-order valence-corrected chi connectivity index (χ2v) is 6.32. The van der Waals surface area contributed by atoms with E-state index in [9.17, 15) is 15.2 Å². The Kier molecular flexibility index (Phi) is 4.62. The quantitative estimate of drug-likeness (QED) is 0.605. The summed E-state index contributed by atoms with van der Waals surface area (Å²) in [5, 5.41) is 18.8. The molecule has 2 aromatic carbocycles. The van der Waals surface area contributed by atoms with Crippen molar-refractivity contribution in [3.63, 3.8) is 0 Å². The van der Waals surface area contributed by atoms with Crippen LogP contribution in [0.25, 0.3) is 27.1 Å². The number of nitrogens with zero attached hydrogens (tertiary/aromatic N) is 3. The number of rotatable bonds is 3. The molecule has 6 heteroatoms. The van der Waals surface area contributed by atoms with Gasteiger partial charge in [-0.2, -0.15) is 5.26 Å². The van der Waals surface area contributed by atoms with Gasteiger partial charge in [-0.3, -0.25) is 0 Å². The summed E-state index contributed by atoms with van der Waals surface area (Å²) in [4.78, 5) is 15.2. The van der Waals surface area contributed by atoms with Crippen molar-refractivity contribution in [1.29, 1.82) is 5.26 Å². The normalized spacial score (nSPS) is 10.2. The molecule has 5 nitrogen and oxygen atoms in total. The van der Waals surface area contributed by atoms with E-state index in [1.807, 2.05) is 24.3 Å². The van der Waals surface area contributed by atoms with Gasteiger partial charge in [0, 0.05) is 12.6 Å². The van der Waals surface area contributed by atoms with Gasteiger partial charge in [0.25, 0.3) is 0 Å². The summed E-state index contributed by atoms with van der Waals surface area (Å²) in [6.07, 6.45) is 0. The molecule has 0 bridgehead atoms. The van der Waals surface area contributed by atoms with Crippen LogP contribution in [0.2, 0.25) is 0 Å². The molecule has 1 aromatic heterocycles. The third-order valence-corrected chi connectivity index (χ3v) is 5.05. The number of benzene rings is 2. The second-order valence-electron chi connectivity index (χ2n) is 5.57. The summed E-state index contributed by atoms with van der Waals surface area (Å²) in [6, 6.07) is 16.6. The number of hydrogen-bond acceptors (Lipinski definition) is 2. The number of hydrogen-bond donors (Lipinski definition) is 1. The van der Waals surface area contributed by atoms with E-state index >= 15 is 0 Å². The molecule has 1 heterocycles. The Morgan fingerprint density at radius 1 is 1.19 bits per heavy atom. The van der Waals surface area contributed by atoms with Crippen LogP contribution in [0.5, 0.6) is 0 Å². The molecule has 0 radical (unpaired) electrons. The van der Waals surface area contributed by atoms with E-state index in [0.29, 0.717) is 21.3 Å². The third kappa shape index (κ3) is 2.77. The smallest absolute Gasteiger partial charge is 0.351 e. The van der Waals surface area contributed by atoms with Crippen LogP contribution in [0, 0.1) is 17.9 Å². The van der Waals surface area contributed by atoms with Crippen molar-refractivity contribution >= 4 is 27.6 Å². The number of halogens is 1. The van der Waals surface area contributed by atoms with Crippen LogP contribution >= 0.6 is 15.9 Å². The van der Waals surface area contributed by atoms with Gasteiger partial charge in [-0.25, -0.2) is 9.64 Å². The maximum atomic E-state index is 11.7. The zero-order chi connectivity index (χ0) is 18.8. The number of aromatic nitrogens is 1. The summed E-state index contributed by atoms with van der Waals surface area (Å²) in [6.45, 7) is 7.41. The molecule has 0 aliphatic rings. The molecule has 0 aliphatic heterocycles. The van der Waals surface area contributed by atoms with Crippen molar-refractivity contribution in [3.8, 4) is 28.3 Å². The van der Waals surface area contributed by atoms with Crippen LogP contribution in [0.15, 0.2) is 53.1 Å². The molecule has 3 rings (SSSR count). The highest BCUT2D eigenvalue weighted by Gasteiger charge is 2.25. The molecule has 0 unspecified atom stereocenters. The van der Waals surface area contributed by atoms with Gasteiger partial charge in [0.05, 0.1) is 22.8 Å². The minimum Gasteiger partial charge on any atom is -0.477 e. The zero-order valence-electron chi connectivity index (χ0n) is 13.7. The van der Waals surface area contributed by atoms with Crippen molar-refractivity contribution in [2.75, 3.05) is 0 Å². The van der Waals surface area contributed by atoms with Crippen LogP contribution in [0.4, 0.5) is 5.69 Å². The molecule has 0 saturated carbocycles. The molecule has 3 aromatic rings. The van der Waals surface area contributed by atoms with Crippen molar-refractivity contribution in [1.82, 2.24) is 4.57 Å². The lowest BCUT2D eigenvalue weighted by Crippen LogP contribution is -2.06. The topological polar surface area (TPSA) is 70.4 Å². The van der Waals surface area contributed by atoms with E-state index in [-0.39, 0.29) is 11.4 Å². The first-order valence-corrected chi connectivity index (χ1v) is 8.37. The highest BCUT2D eigenvalue weighted by atomic mass is 79.9. The average Bonchev–Trinajstić information content (AvgIpc) is 2.92. The fourth-order valence-corrected chi connectivity index (χ4v) is 3.38. The maximum absolute atomic E-state index is 11.7. The monoisotopic (exact) mass is 405 g/mol. The average molecular weight is 406 g/mol. The molecule has 0 aliphatic carbocycles. The summed E-state index contributed by atoms with van der Waals surface area (Å²) >= 11 is 3.30. The molecule has 0 atom stereocenters. The Balaban J connectivity index is 2.17. The number of carbonyl (C=O) groups is 1. The lowest BCUT2D eigenvalue weighted by molar-refractivity contribution is 0.0687. The highest BCUT2D eigenvalue weighted by Crippen LogP contribution is 2.42. The standard InChI is InChI=1S/C20H12BrN3O2/c1-23-17-16(18(20(25)26)24(2)19(17)21)13-9-7-12(8-10-13)15-6-4-3-5-14(15)11-22/h3-10H,2H3,(H,25,26). The van der Waals surface area contributed by atoms with Crippen molar-refractivity contribution in [2.45, 2.75) is 0 Å². The van der Waals surface area contributed by atoms with Crippen LogP contribution < -0.4 is 0 Å². The van der Waals surface area contributed by atoms with Crippen LogP contribution in [-0.4, -0.2) is 15.6 Å². The minimum absolute atomic E-state index is 0.0491. The lowest BCUT2D eigenvalue weighted by Gasteiger charge is -2.07. The van der Waals surface area contributed by atoms with Crippen molar-refractivity contribution in [3.05, 3.63) is 75.8 Å². The van der Waals surface area contributed by atoms with E-state index < -0.39 is 5.97 Å². The molecule has 0 amide bonds. The summed E-state index contributed by atoms with van der Waals surface area (Å²) in [5.41, 5.74) is 3.54. The maximum Gasteiger partial charge on any atom is 0.351 e. The van der Waals surface area contributed by atoms with E-state index in [0.717, 1.165) is 11.1 Å². The van der Waals surface area contributed by atoms with E-state index in [2.05, 4.69) is 26.8 Å². The molecule has 0 fully saturated rings. The molecule has 0 spiro atoms. The number of aromatic carboxylic acids is 1. The second kappa shape index (κ2) is 6.87. The largest absolute Gasteiger partial charge is 0.477 e. The Bertz CT molecular complexity index is 1100. The Labute approximate surface area is 158 Å². The number of carboxylic acids is 1. The molecular formula is C20H12BrN3O2. The predicted molar refractivity (Wildman–Crippen MR) is 102 cm³/mol. The van der Waals surface area contributed by atoms with Gasteiger partial charge in [-0.15, -0.1) is 0 Å².